The molecule has 0 saturated carbocycles. The third kappa shape index (κ3) is 4.20. The summed E-state index contributed by atoms with van der Waals surface area (Å²) < 4.78 is 5.37. The highest BCUT2D eigenvalue weighted by Crippen LogP contribution is 2.13. The average molecular weight is 288 g/mol. The van der Waals surface area contributed by atoms with E-state index >= 15 is 0 Å². The molecule has 88 valence electrons. The molecular weight excluding hydrogens is 274 g/mol. The molecule has 0 radical (unpaired) electrons. The quantitative estimate of drug-likeness (QED) is 0.773. The molecule has 0 aliphatic heterocycles. The first-order chi connectivity index (χ1) is 7.77. The van der Waals surface area contributed by atoms with Gasteiger partial charge in [-0.3, -0.25) is 4.79 Å². The molecule has 0 bridgehead atoms. The van der Waals surface area contributed by atoms with Gasteiger partial charge in [-0.25, -0.2) is 0 Å². The lowest BCUT2D eigenvalue weighted by atomic mass is 10.2. The summed E-state index contributed by atoms with van der Waals surface area (Å²) in [6.07, 6.45) is 0. The van der Waals surface area contributed by atoms with E-state index in [4.69, 9.17) is 9.84 Å². The molecule has 0 saturated heterocycles. The molecule has 0 atom stereocenters. The zero-order valence-electron chi connectivity index (χ0n) is 8.78. The second-order valence-corrected chi connectivity index (χ2v) is 3.84. The van der Waals surface area contributed by atoms with Crippen LogP contribution >= 0.6 is 15.9 Å². The summed E-state index contributed by atoms with van der Waals surface area (Å²) in [5.41, 5.74) is 0.528. The number of hydrogen-bond donors (Lipinski definition) is 2. The number of carbonyl (C=O) groups is 1. The van der Waals surface area contributed by atoms with Gasteiger partial charge in [0.15, 0.2) is 0 Å². The molecule has 0 fully saturated rings. The number of amides is 1. The van der Waals surface area contributed by atoms with Crippen LogP contribution in [-0.4, -0.2) is 36.1 Å². The number of alkyl halides is 1. The van der Waals surface area contributed by atoms with Crippen LogP contribution in [0.3, 0.4) is 0 Å². The van der Waals surface area contributed by atoms with E-state index in [2.05, 4.69) is 21.2 Å². The summed E-state index contributed by atoms with van der Waals surface area (Å²) in [5.74, 6) is 0.453. The highest BCUT2D eigenvalue weighted by molar-refractivity contribution is 9.09. The Morgan fingerprint density at radius 3 is 3.00 bits per heavy atom. The summed E-state index contributed by atoms with van der Waals surface area (Å²) in [4.78, 5) is 11.5. The van der Waals surface area contributed by atoms with Crippen molar-refractivity contribution in [1.29, 1.82) is 0 Å². The number of carbonyl (C=O) groups excluding carboxylic acids is 1. The highest BCUT2D eigenvalue weighted by atomic mass is 79.9. The Labute approximate surface area is 103 Å². The average Bonchev–Trinajstić information content (AvgIpc) is 2.33. The molecular formula is C11H14BrNO3. The van der Waals surface area contributed by atoms with E-state index in [0.29, 0.717) is 17.9 Å². The smallest absolute Gasteiger partial charge is 0.251 e. The van der Waals surface area contributed by atoms with Crippen LogP contribution in [0.2, 0.25) is 0 Å². The fraction of sp³-hybridized carbons (Fsp3) is 0.364. The van der Waals surface area contributed by atoms with Crippen LogP contribution < -0.4 is 10.1 Å². The van der Waals surface area contributed by atoms with Crippen LogP contribution in [0.15, 0.2) is 24.3 Å². The van der Waals surface area contributed by atoms with E-state index in [9.17, 15) is 4.79 Å². The van der Waals surface area contributed by atoms with E-state index in [1.165, 1.54) is 0 Å². The van der Waals surface area contributed by atoms with Crippen LogP contribution in [0.1, 0.15) is 10.4 Å². The summed E-state index contributed by atoms with van der Waals surface area (Å²) in [6, 6.07) is 6.94. The number of halogens is 1. The van der Waals surface area contributed by atoms with Crippen LogP contribution in [0.25, 0.3) is 0 Å². The molecule has 0 aliphatic carbocycles. The van der Waals surface area contributed by atoms with Gasteiger partial charge in [0, 0.05) is 17.4 Å². The van der Waals surface area contributed by atoms with E-state index in [-0.39, 0.29) is 19.1 Å². The number of aliphatic hydroxyl groups is 1. The molecule has 0 aliphatic rings. The summed E-state index contributed by atoms with van der Waals surface area (Å²) in [6.45, 7) is 0.749. The van der Waals surface area contributed by atoms with Gasteiger partial charge in [-0.05, 0) is 18.2 Å². The molecule has 5 heteroatoms. The lowest BCUT2D eigenvalue weighted by Crippen LogP contribution is -2.26. The van der Waals surface area contributed by atoms with Crippen molar-refractivity contribution in [3.8, 4) is 5.75 Å². The van der Waals surface area contributed by atoms with Crippen LogP contribution in [0.4, 0.5) is 0 Å². The maximum absolute atomic E-state index is 11.5. The van der Waals surface area contributed by atoms with Gasteiger partial charge >= 0.3 is 0 Å². The zero-order chi connectivity index (χ0) is 11.8. The lowest BCUT2D eigenvalue weighted by molar-refractivity contribution is 0.0944. The van der Waals surface area contributed by atoms with Crippen LogP contribution in [-0.2, 0) is 0 Å². The van der Waals surface area contributed by atoms with Crippen LogP contribution in [0, 0.1) is 0 Å². The van der Waals surface area contributed by atoms with E-state index < -0.39 is 0 Å². The molecule has 0 unspecified atom stereocenters. The number of aliphatic hydroxyl groups excluding tert-OH is 1. The van der Waals surface area contributed by atoms with Crippen LogP contribution in [0.5, 0.6) is 5.75 Å². The van der Waals surface area contributed by atoms with Gasteiger partial charge in [0.2, 0.25) is 0 Å². The number of nitrogens with one attached hydrogen (secondary N) is 1. The number of ether oxygens (including phenoxy) is 1. The third-order valence-electron chi connectivity index (χ3n) is 1.84. The van der Waals surface area contributed by atoms with Gasteiger partial charge in [-0.2, -0.15) is 0 Å². The van der Waals surface area contributed by atoms with Gasteiger partial charge in [0.1, 0.15) is 5.75 Å². The maximum Gasteiger partial charge on any atom is 0.251 e. The third-order valence-corrected chi connectivity index (χ3v) is 2.16. The van der Waals surface area contributed by atoms with Crippen molar-refractivity contribution in [2.45, 2.75) is 0 Å². The van der Waals surface area contributed by atoms with Gasteiger partial charge in [0.05, 0.1) is 13.2 Å². The molecule has 1 amide bonds. The van der Waals surface area contributed by atoms with E-state index in [1.54, 1.807) is 24.3 Å². The molecule has 16 heavy (non-hydrogen) atoms. The minimum Gasteiger partial charge on any atom is -0.493 e. The number of benzene rings is 1. The fourth-order valence-corrected chi connectivity index (χ4v) is 1.32. The first kappa shape index (κ1) is 13.0. The summed E-state index contributed by atoms with van der Waals surface area (Å²) in [5, 5.41) is 11.9. The predicted molar refractivity (Wildman–Crippen MR) is 65.2 cm³/mol. The molecule has 0 spiro atoms. The second kappa shape index (κ2) is 7.24. The standard InChI is InChI=1S/C11H14BrNO3/c12-4-7-16-10-3-1-2-9(8-10)11(15)13-5-6-14/h1-3,8,14H,4-7H2,(H,13,15). The SMILES string of the molecule is O=C(NCCO)c1cccc(OCCBr)c1. The summed E-state index contributed by atoms with van der Waals surface area (Å²) in [7, 11) is 0. The Morgan fingerprint density at radius 1 is 1.50 bits per heavy atom. The largest absolute Gasteiger partial charge is 0.493 e. The van der Waals surface area contributed by atoms with Gasteiger partial charge in [-0.15, -0.1) is 0 Å². The van der Waals surface area contributed by atoms with E-state index in [0.717, 1.165) is 5.33 Å². The fourth-order valence-electron chi connectivity index (χ4n) is 1.16. The Morgan fingerprint density at radius 2 is 2.31 bits per heavy atom. The minimum atomic E-state index is -0.210. The number of rotatable bonds is 6. The molecule has 0 heterocycles. The first-order valence-electron chi connectivity index (χ1n) is 4.96. The molecule has 1 aromatic rings. The topological polar surface area (TPSA) is 58.6 Å². The van der Waals surface area contributed by atoms with Crippen molar-refractivity contribution in [2.24, 2.45) is 0 Å². The monoisotopic (exact) mass is 287 g/mol. The highest BCUT2D eigenvalue weighted by Gasteiger charge is 2.05. The molecule has 2 N–H and O–H groups in total. The van der Waals surface area contributed by atoms with Gasteiger partial charge in [0.25, 0.3) is 5.91 Å². The number of hydrogen-bond acceptors (Lipinski definition) is 3. The van der Waals surface area contributed by atoms with Crippen molar-refractivity contribution >= 4 is 21.8 Å². The molecule has 1 rings (SSSR count). The zero-order valence-corrected chi connectivity index (χ0v) is 10.4. The first-order valence-corrected chi connectivity index (χ1v) is 6.08. The molecule has 1 aromatic carbocycles. The maximum atomic E-state index is 11.5. The lowest BCUT2D eigenvalue weighted by Gasteiger charge is -2.06. The Kier molecular flexibility index (Phi) is 5.88. The van der Waals surface area contributed by atoms with E-state index in [1.807, 2.05) is 0 Å². The Hall–Kier alpha value is -1.07. The van der Waals surface area contributed by atoms with Crippen molar-refractivity contribution in [1.82, 2.24) is 5.32 Å². The normalized spacial score (nSPS) is 9.88. The van der Waals surface area contributed by atoms with Crippen molar-refractivity contribution in [3.63, 3.8) is 0 Å². The Balaban J connectivity index is 2.62. The van der Waals surface area contributed by atoms with Gasteiger partial charge < -0.3 is 15.2 Å². The van der Waals surface area contributed by atoms with Gasteiger partial charge in [-0.1, -0.05) is 22.0 Å². The van der Waals surface area contributed by atoms with Crippen molar-refractivity contribution in [2.75, 3.05) is 25.1 Å². The minimum absolute atomic E-state index is 0.0640. The van der Waals surface area contributed by atoms with Crippen molar-refractivity contribution < 1.29 is 14.6 Å². The predicted octanol–water partition coefficient (Wildman–Crippen LogP) is 1.18. The second-order valence-electron chi connectivity index (χ2n) is 3.04. The molecule has 0 aromatic heterocycles. The summed E-state index contributed by atoms with van der Waals surface area (Å²) >= 11 is 3.26. The molecule has 4 nitrogen and oxygen atoms in total. The Bertz CT molecular complexity index is 344. The van der Waals surface area contributed by atoms with Crippen molar-refractivity contribution in [3.05, 3.63) is 29.8 Å².